The van der Waals surface area contributed by atoms with Crippen molar-refractivity contribution < 1.29 is 4.74 Å². The van der Waals surface area contributed by atoms with E-state index in [1.165, 1.54) is 5.56 Å². The first kappa shape index (κ1) is 13.8. The van der Waals surface area contributed by atoms with Crippen LogP contribution < -0.4 is 15.6 Å². The molecule has 3 rings (SSSR count). The number of ether oxygens (including phenoxy) is 1. The zero-order valence-corrected chi connectivity index (χ0v) is 12.1. The highest BCUT2D eigenvalue weighted by Crippen LogP contribution is 2.19. The number of aromatic amines is 1. The zero-order chi connectivity index (χ0) is 14.7. The second kappa shape index (κ2) is 6.10. The Morgan fingerprint density at radius 1 is 1.43 bits per heavy atom. The third kappa shape index (κ3) is 3.13. The van der Waals surface area contributed by atoms with Crippen LogP contribution in [0.1, 0.15) is 23.2 Å². The molecule has 0 bridgehead atoms. The van der Waals surface area contributed by atoms with Gasteiger partial charge >= 0.3 is 0 Å². The summed E-state index contributed by atoms with van der Waals surface area (Å²) in [5.74, 6) is 0.672. The van der Waals surface area contributed by atoms with Gasteiger partial charge in [-0.2, -0.15) is 0 Å². The molecule has 0 aromatic carbocycles. The molecule has 5 nitrogen and oxygen atoms in total. The minimum Gasteiger partial charge on any atom is -0.481 e. The average molecular weight is 285 g/mol. The van der Waals surface area contributed by atoms with Crippen LogP contribution in [-0.2, 0) is 19.4 Å². The van der Waals surface area contributed by atoms with E-state index in [4.69, 9.17) is 4.74 Å². The summed E-state index contributed by atoms with van der Waals surface area (Å²) in [5, 5.41) is 3.56. The molecule has 0 aliphatic heterocycles. The van der Waals surface area contributed by atoms with Crippen molar-refractivity contribution in [2.45, 2.75) is 31.8 Å². The summed E-state index contributed by atoms with van der Waals surface area (Å²) in [6.45, 7) is 0.736. The van der Waals surface area contributed by atoms with Crippen molar-refractivity contribution in [3.8, 4) is 5.88 Å². The Morgan fingerprint density at radius 2 is 2.33 bits per heavy atom. The van der Waals surface area contributed by atoms with Crippen molar-refractivity contribution in [3.05, 3.63) is 57.6 Å². The number of nitrogens with zero attached hydrogens (tertiary/aromatic N) is 1. The SMILES string of the molecule is COc1ncccc1CNC1CCc2[nH]c(=O)ccc2C1. The Labute approximate surface area is 123 Å². The number of nitrogens with one attached hydrogen (secondary N) is 2. The lowest BCUT2D eigenvalue weighted by Gasteiger charge is -2.25. The molecule has 1 atom stereocenters. The van der Waals surface area contributed by atoms with Gasteiger partial charge in [0.2, 0.25) is 11.4 Å². The molecule has 21 heavy (non-hydrogen) atoms. The molecule has 0 amide bonds. The zero-order valence-electron chi connectivity index (χ0n) is 12.1. The van der Waals surface area contributed by atoms with Gasteiger partial charge in [0.1, 0.15) is 0 Å². The summed E-state index contributed by atoms with van der Waals surface area (Å²) in [7, 11) is 1.64. The van der Waals surface area contributed by atoms with Gasteiger partial charge in [-0.25, -0.2) is 4.98 Å². The van der Waals surface area contributed by atoms with E-state index in [-0.39, 0.29) is 5.56 Å². The van der Waals surface area contributed by atoms with Crippen LogP contribution in [0.25, 0.3) is 0 Å². The molecular formula is C16H19N3O2. The topological polar surface area (TPSA) is 67.0 Å². The summed E-state index contributed by atoms with van der Waals surface area (Å²) in [4.78, 5) is 18.4. The molecule has 1 unspecified atom stereocenters. The van der Waals surface area contributed by atoms with Gasteiger partial charge in [-0.05, 0) is 30.9 Å². The van der Waals surface area contributed by atoms with Crippen LogP contribution in [0.15, 0.2) is 35.3 Å². The summed E-state index contributed by atoms with van der Waals surface area (Å²) >= 11 is 0. The minimum absolute atomic E-state index is 0.0137. The Balaban J connectivity index is 1.65. The van der Waals surface area contributed by atoms with Gasteiger partial charge in [-0.15, -0.1) is 0 Å². The molecule has 0 fully saturated rings. The van der Waals surface area contributed by atoms with E-state index in [1.807, 2.05) is 18.2 Å². The maximum atomic E-state index is 11.3. The van der Waals surface area contributed by atoms with Crippen LogP contribution in [0.3, 0.4) is 0 Å². The number of aryl methyl sites for hydroxylation is 1. The van der Waals surface area contributed by atoms with E-state index in [2.05, 4.69) is 15.3 Å². The fourth-order valence-electron chi connectivity index (χ4n) is 2.82. The highest BCUT2D eigenvalue weighted by Gasteiger charge is 2.19. The van der Waals surface area contributed by atoms with Crippen LogP contribution in [0, 0.1) is 0 Å². The molecule has 2 aromatic heterocycles. The van der Waals surface area contributed by atoms with Crippen LogP contribution in [0.5, 0.6) is 5.88 Å². The van der Waals surface area contributed by atoms with E-state index in [0.717, 1.165) is 37.1 Å². The number of rotatable bonds is 4. The lowest BCUT2D eigenvalue weighted by atomic mass is 9.92. The smallest absolute Gasteiger partial charge is 0.248 e. The minimum atomic E-state index is -0.0137. The second-order valence-corrected chi connectivity index (χ2v) is 5.32. The molecule has 2 N–H and O–H groups in total. The highest BCUT2D eigenvalue weighted by atomic mass is 16.5. The third-order valence-corrected chi connectivity index (χ3v) is 3.93. The number of H-pyrrole nitrogens is 1. The van der Waals surface area contributed by atoms with E-state index >= 15 is 0 Å². The molecule has 0 saturated heterocycles. The van der Waals surface area contributed by atoms with Crippen LogP contribution in [-0.4, -0.2) is 23.1 Å². The Bertz CT molecular complexity index is 681. The first-order valence-corrected chi connectivity index (χ1v) is 7.18. The molecule has 2 heterocycles. The summed E-state index contributed by atoms with van der Waals surface area (Å²) in [5.41, 5.74) is 3.36. The third-order valence-electron chi connectivity index (χ3n) is 3.93. The number of hydrogen-bond acceptors (Lipinski definition) is 4. The van der Waals surface area contributed by atoms with Crippen LogP contribution in [0.4, 0.5) is 0 Å². The van der Waals surface area contributed by atoms with Crippen LogP contribution >= 0.6 is 0 Å². The summed E-state index contributed by atoms with van der Waals surface area (Å²) in [6, 6.07) is 7.89. The van der Waals surface area contributed by atoms with Gasteiger partial charge in [-0.1, -0.05) is 12.1 Å². The lowest BCUT2D eigenvalue weighted by molar-refractivity contribution is 0.385. The van der Waals surface area contributed by atoms with Crippen molar-refractivity contribution in [1.82, 2.24) is 15.3 Å². The fraction of sp³-hybridized carbons (Fsp3) is 0.375. The molecule has 5 heteroatoms. The number of methoxy groups -OCH3 is 1. The van der Waals surface area contributed by atoms with E-state index in [9.17, 15) is 4.79 Å². The normalized spacial score (nSPS) is 17.3. The molecule has 110 valence electrons. The average Bonchev–Trinajstić information content (AvgIpc) is 2.53. The predicted molar refractivity (Wildman–Crippen MR) is 80.5 cm³/mol. The Morgan fingerprint density at radius 3 is 3.19 bits per heavy atom. The lowest BCUT2D eigenvalue weighted by Crippen LogP contribution is -2.35. The highest BCUT2D eigenvalue weighted by molar-refractivity contribution is 5.26. The molecule has 2 aromatic rings. The van der Waals surface area contributed by atoms with Gasteiger partial charge in [0.05, 0.1) is 7.11 Å². The van der Waals surface area contributed by atoms with E-state index < -0.39 is 0 Å². The fourth-order valence-corrected chi connectivity index (χ4v) is 2.82. The Kier molecular flexibility index (Phi) is 4.01. The first-order valence-electron chi connectivity index (χ1n) is 7.18. The summed E-state index contributed by atoms with van der Waals surface area (Å²) in [6.07, 6.45) is 4.60. The predicted octanol–water partition coefficient (Wildman–Crippen LogP) is 1.43. The summed E-state index contributed by atoms with van der Waals surface area (Å²) < 4.78 is 5.26. The van der Waals surface area contributed by atoms with Gasteiger partial charge in [-0.3, -0.25) is 4.79 Å². The van der Waals surface area contributed by atoms with Gasteiger partial charge < -0.3 is 15.0 Å². The molecule has 0 radical (unpaired) electrons. The monoisotopic (exact) mass is 285 g/mol. The number of pyridine rings is 2. The van der Waals surface area contributed by atoms with Gasteiger partial charge in [0, 0.05) is 36.1 Å². The van der Waals surface area contributed by atoms with Crippen molar-refractivity contribution in [2.24, 2.45) is 0 Å². The van der Waals surface area contributed by atoms with Crippen LogP contribution in [0.2, 0.25) is 0 Å². The first-order chi connectivity index (χ1) is 10.3. The van der Waals surface area contributed by atoms with E-state index in [1.54, 1.807) is 19.4 Å². The number of fused-ring (bicyclic) bond motifs is 1. The Hall–Kier alpha value is -2.14. The quantitative estimate of drug-likeness (QED) is 0.891. The maximum Gasteiger partial charge on any atom is 0.248 e. The van der Waals surface area contributed by atoms with Crippen molar-refractivity contribution in [2.75, 3.05) is 7.11 Å². The molecular weight excluding hydrogens is 266 g/mol. The molecule has 1 aliphatic rings. The van der Waals surface area contributed by atoms with Gasteiger partial charge in [0.25, 0.3) is 0 Å². The van der Waals surface area contributed by atoms with Crippen molar-refractivity contribution in [3.63, 3.8) is 0 Å². The molecule has 0 saturated carbocycles. The van der Waals surface area contributed by atoms with Crippen molar-refractivity contribution in [1.29, 1.82) is 0 Å². The standard InChI is InChI=1S/C16H19N3O2/c1-21-16-12(3-2-8-17-16)10-18-13-5-6-14-11(9-13)4-7-15(20)19-14/h2-4,7-8,13,18H,5-6,9-10H2,1H3,(H,19,20). The number of aromatic nitrogens is 2. The molecule has 1 aliphatic carbocycles. The van der Waals surface area contributed by atoms with E-state index in [0.29, 0.717) is 11.9 Å². The molecule has 0 spiro atoms. The number of hydrogen-bond donors (Lipinski definition) is 2. The maximum absolute atomic E-state index is 11.3. The van der Waals surface area contributed by atoms with Crippen molar-refractivity contribution >= 4 is 0 Å². The van der Waals surface area contributed by atoms with Gasteiger partial charge in [0.15, 0.2) is 0 Å². The second-order valence-electron chi connectivity index (χ2n) is 5.32. The largest absolute Gasteiger partial charge is 0.481 e.